The second-order valence-corrected chi connectivity index (χ2v) is 5.92. The van der Waals surface area contributed by atoms with Crippen molar-refractivity contribution in [3.63, 3.8) is 0 Å². The lowest BCUT2D eigenvalue weighted by molar-refractivity contribution is 0.323. The van der Waals surface area contributed by atoms with Crippen LogP contribution in [0.4, 0.5) is 0 Å². The Hall–Kier alpha value is -1.71. The molecule has 2 aliphatic rings. The average Bonchev–Trinajstić information content (AvgIpc) is 2.95. The number of rotatable bonds is 2. The molecule has 2 fully saturated rings. The van der Waals surface area contributed by atoms with E-state index in [0.717, 1.165) is 11.5 Å². The molecular formula is C15H18N4. The van der Waals surface area contributed by atoms with Crippen molar-refractivity contribution in [2.24, 2.45) is 5.41 Å². The zero-order valence-corrected chi connectivity index (χ0v) is 11.0. The maximum atomic E-state index is 4.54. The monoisotopic (exact) mass is 254 g/mol. The Labute approximate surface area is 112 Å². The molecule has 0 radical (unpaired) electrons. The summed E-state index contributed by atoms with van der Waals surface area (Å²) in [5.41, 5.74) is 1.62. The van der Waals surface area contributed by atoms with Gasteiger partial charge >= 0.3 is 0 Å². The first-order valence-corrected chi connectivity index (χ1v) is 7.19. The standard InChI is InChI=1S/C15H18N4/c1-2-6-15(7-3-1)10-13(15)14-17-11-18-19(14)12-4-8-16-9-5-12/h4-5,8-9,11,13H,1-3,6-7,10H2. The summed E-state index contributed by atoms with van der Waals surface area (Å²) >= 11 is 0. The van der Waals surface area contributed by atoms with Gasteiger partial charge in [-0.1, -0.05) is 19.3 Å². The van der Waals surface area contributed by atoms with Crippen molar-refractivity contribution >= 4 is 0 Å². The van der Waals surface area contributed by atoms with Gasteiger partial charge in [0.25, 0.3) is 0 Å². The molecule has 0 aliphatic heterocycles. The molecule has 0 bridgehead atoms. The quantitative estimate of drug-likeness (QED) is 0.827. The van der Waals surface area contributed by atoms with Crippen LogP contribution < -0.4 is 0 Å². The normalized spacial score (nSPS) is 24.5. The van der Waals surface area contributed by atoms with Gasteiger partial charge in [0, 0.05) is 18.3 Å². The predicted molar refractivity (Wildman–Crippen MR) is 72.0 cm³/mol. The number of hydrogen-bond acceptors (Lipinski definition) is 3. The zero-order chi connectivity index (χ0) is 12.7. The lowest BCUT2D eigenvalue weighted by atomic mass is 9.84. The summed E-state index contributed by atoms with van der Waals surface area (Å²) in [5, 5.41) is 4.40. The van der Waals surface area contributed by atoms with Gasteiger partial charge in [-0.05, 0) is 36.8 Å². The van der Waals surface area contributed by atoms with Gasteiger partial charge in [0.1, 0.15) is 12.2 Å². The number of nitrogens with zero attached hydrogens (tertiary/aromatic N) is 4. The first kappa shape index (κ1) is 11.1. The van der Waals surface area contributed by atoms with E-state index in [1.54, 1.807) is 6.33 Å². The summed E-state index contributed by atoms with van der Waals surface area (Å²) in [4.78, 5) is 8.60. The van der Waals surface area contributed by atoms with Crippen molar-refractivity contribution in [1.82, 2.24) is 19.7 Å². The van der Waals surface area contributed by atoms with Crippen molar-refractivity contribution in [3.05, 3.63) is 36.7 Å². The molecule has 19 heavy (non-hydrogen) atoms. The summed E-state index contributed by atoms with van der Waals surface area (Å²) < 4.78 is 2.00. The van der Waals surface area contributed by atoms with Gasteiger partial charge in [-0.3, -0.25) is 4.98 Å². The highest BCUT2D eigenvalue weighted by atomic mass is 15.3. The minimum absolute atomic E-state index is 0.552. The van der Waals surface area contributed by atoms with Gasteiger partial charge in [-0.15, -0.1) is 0 Å². The van der Waals surface area contributed by atoms with E-state index in [0.29, 0.717) is 11.3 Å². The van der Waals surface area contributed by atoms with Gasteiger partial charge in [0.15, 0.2) is 0 Å². The Bertz CT molecular complexity index is 569. The van der Waals surface area contributed by atoms with Crippen LogP contribution in [0.1, 0.15) is 50.3 Å². The molecule has 2 heterocycles. The Kier molecular flexibility index (Phi) is 2.43. The van der Waals surface area contributed by atoms with Crippen molar-refractivity contribution in [3.8, 4) is 5.69 Å². The van der Waals surface area contributed by atoms with E-state index in [-0.39, 0.29) is 0 Å². The molecule has 0 amide bonds. The lowest BCUT2D eigenvalue weighted by Crippen LogP contribution is -2.11. The lowest BCUT2D eigenvalue weighted by Gasteiger charge is -2.22. The molecule has 2 aliphatic carbocycles. The van der Waals surface area contributed by atoms with E-state index < -0.39 is 0 Å². The Morgan fingerprint density at radius 3 is 2.68 bits per heavy atom. The molecule has 4 rings (SSSR count). The molecule has 2 saturated carbocycles. The maximum absolute atomic E-state index is 4.54. The van der Waals surface area contributed by atoms with Crippen LogP contribution in [0.3, 0.4) is 0 Å². The molecule has 98 valence electrons. The molecule has 1 unspecified atom stereocenters. The van der Waals surface area contributed by atoms with E-state index >= 15 is 0 Å². The Morgan fingerprint density at radius 2 is 1.89 bits per heavy atom. The smallest absolute Gasteiger partial charge is 0.138 e. The molecule has 1 spiro atoms. The molecule has 1 atom stereocenters. The van der Waals surface area contributed by atoms with E-state index in [2.05, 4.69) is 15.1 Å². The third-order valence-corrected chi connectivity index (χ3v) is 4.83. The Balaban J connectivity index is 1.66. The molecule has 2 aromatic rings. The second-order valence-electron chi connectivity index (χ2n) is 5.92. The summed E-state index contributed by atoms with van der Waals surface area (Å²) in [6, 6.07) is 3.99. The van der Waals surface area contributed by atoms with Gasteiger partial charge in [-0.25, -0.2) is 9.67 Å². The highest BCUT2D eigenvalue weighted by Gasteiger charge is 2.56. The van der Waals surface area contributed by atoms with Crippen LogP contribution in [0.2, 0.25) is 0 Å². The number of hydrogen-bond donors (Lipinski definition) is 0. The van der Waals surface area contributed by atoms with Crippen molar-refractivity contribution in [2.45, 2.75) is 44.4 Å². The molecule has 0 aromatic carbocycles. The van der Waals surface area contributed by atoms with Crippen molar-refractivity contribution < 1.29 is 0 Å². The van der Waals surface area contributed by atoms with Crippen LogP contribution in [0, 0.1) is 5.41 Å². The largest absolute Gasteiger partial charge is 0.265 e. The predicted octanol–water partition coefficient (Wildman–Crippen LogP) is 3.10. The number of aromatic nitrogens is 4. The van der Waals surface area contributed by atoms with Crippen molar-refractivity contribution in [2.75, 3.05) is 0 Å². The van der Waals surface area contributed by atoms with Crippen molar-refractivity contribution in [1.29, 1.82) is 0 Å². The van der Waals surface area contributed by atoms with Crippen LogP contribution in [0.15, 0.2) is 30.9 Å². The molecular weight excluding hydrogens is 236 g/mol. The van der Waals surface area contributed by atoms with Gasteiger partial charge in [-0.2, -0.15) is 5.10 Å². The highest BCUT2D eigenvalue weighted by molar-refractivity contribution is 5.32. The molecule has 4 heteroatoms. The minimum atomic E-state index is 0.552. The summed E-state index contributed by atoms with van der Waals surface area (Å²) in [6.07, 6.45) is 13.5. The summed E-state index contributed by atoms with van der Waals surface area (Å²) in [5.74, 6) is 1.76. The minimum Gasteiger partial charge on any atom is -0.265 e. The molecule has 2 aromatic heterocycles. The third-order valence-electron chi connectivity index (χ3n) is 4.83. The van der Waals surface area contributed by atoms with Crippen LogP contribution in [-0.2, 0) is 0 Å². The first-order chi connectivity index (χ1) is 9.39. The zero-order valence-electron chi connectivity index (χ0n) is 11.0. The second kappa shape index (κ2) is 4.15. The summed E-state index contributed by atoms with van der Waals surface area (Å²) in [6.45, 7) is 0. The summed E-state index contributed by atoms with van der Waals surface area (Å²) in [7, 11) is 0. The highest BCUT2D eigenvalue weighted by Crippen LogP contribution is 2.66. The fraction of sp³-hybridized carbons (Fsp3) is 0.533. The number of pyridine rings is 1. The first-order valence-electron chi connectivity index (χ1n) is 7.19. The SMILES string of the molecule is c1cc(-n2ncnc2C2CC23CCCCC3)ccn1. The van der Waals surface area contributed by atoms with E-state index in [4.69, 9.17) is 0 Å². The van der Waals surface area contributed by atoms with Crippen LogP contribution >= 0.6 is 0 Å². The molecule has 0 saturated heterocycles. The van der Waals surface area contributed by atoms with Gasteiger partial charge in [0.05, 0.1) is 5.69 Å². The Morgan fingerprint density at radius 1 is 1.11 bits per heavy atom. The van der Waals surface area contributed by atoms with E-state index in [1.165, 1.54) is 38.5 Å². The average molecular weight is 254 g/mol. The maximum Gasteiger partial charge on any atom is 0.138 e. The van der Waals surface area contributed by atoms with Crippen LogP contribution in [0.5, 0.6) is 0 Å². The third kappa shape index (κ3) is 1.78. The van der Waals surface area contributed by atoms with Gasteiger partial charge < -0.3 is 0 Å². The van der Waals surface area contributed by atoms with Gasteiger partial charge in [0.2, 0.25) is 0 Å². The topological polar surface area (TPSA) is 43.6 Å². The van der Waals surface area contributed by atoms with E-state index in [1.807, 2.05) is 29.2 Å². The fourth-order valence-electron chi connectivity index (χ4n) is 3.69. The van der Waals surface area contributed by atoms with E-state index in [9.17, 15) is 0 Å². The van der Waals surface area contributed by atoms with Crippen LogP contribution in [-0.4, -0.2) is 19.7 Å². The fourth-order valence-corrected chi connectivity index (χ4v) is 3.69. The molecule has 4 nitrogen and oxygen atoms in total. The molecule has 0 N–H and O–H groups in total. The van der Waals surface area contributed by atoms with Crippen LogP contribution in [0.25, 0.3) is 5.69 Å².